The number of aromatic nitrogens is 2. The SMILES string of the molecule is CNc1nc(NCC2CCOCC2)cc(C(F)(F)F)n1. The summed E-state index contributed by atoms with van der Waals surface area (Å²) in [6, 6.07) is 0.931. The van der Waals surface area contributed by atoms with Crippen molar-refractivity contribution in [3.8, 4) is 0 Å². The summed E-state index contributed by atoms with van der Waals surface area (Å²) in [5.41, 5.74) is -0.952. The van der Waals surface area contributed by atoms with E-state index in [9.17, 15) is 13.2 Å². The predicted octanol–water partition coefficient (Wildman–Crippen LogP) is 2.38. The van der Waals surface area contributed by atoms with E-state index >= 15 is 0 Å². The van der Waals surface area contributed by atoms with E-state index in [0.29, 0.717) is 25.7 Å². The van der Waals surface area contributed by atoms with Gasteiger partial charge >= 0.3 is 6.18 Å². The second-order valence-corrected chi connectivity index (χ2v) is 4.65. The minimum atomic E-state index is -4.48. The zero-order valence-electron chi connectivity index (χ0n) is 11.1. The van der Waals surface area contributed by atoms with Gasteiger partial charge in [-0.3, -0.25) is 0 Å². The molecular formula is C12H17F3N4O. The average molecular weight is 290 g/mol. The maximum atomic E-state index is 12.7. The van der Waals surface area contributed by atoms with E-state index in [-0.39, 0.29) is 11.8 Å². The monoisotopic (exact) mass is 290 g/mol. The van der Waals surface area contributed by atoms with Crippen LogP contribution in [0.4, 0.5) is 24.9 Å². The van der Waals surface area contributed by atoms with Gasteiger partial charge in [-0.1, -0.05) is 0 Å². The van der Waals surface area contributed by atoms with E-state index in [2.05, 4.69) is 20.6 Å². The molecule has 0 amide bonds. The van der Waals surface area contributed by atoms with E-state index in [1.807, 2.05) is 0 Å². The molecule has 20 heavy (non-hydrogen) atoms. The molecule has 0 radical (unpaired) electrons. The zero-order chi connectivity index (χ0) is 14.6. The summed E-state index contributed by atoms with van der Waals surface area (Å²) >= 11 is 0. The molecule has 1 saturated heterocycles. The first-order valence-electron chi connectivity index (χ1n) is 6.44. The van der Waals surface area contributed by atoms with Gasteiger partial charge in [0, 0.05) is 32.9 Å². The first-order valence-corrected chi connectivity index (χ1v) is 6.44. The van der Waals surface area contributed by atoms with Crippen LogP contribution in [0, 0.1) is 5.92 Å². The van der Waals surface area contributed by atoms with Crippen LogP contribution < -0.4 is 10.6 Å². The van der Waals surface area contributed by atoms with Crippen molar-refractivity contribution in [2.75, 3.05) is 37.4 Å². The molecule has 0 spiro atoms. The van der Waals surface area contributed by atoms with Crippen molar-refractivity contribution in [2.24, 2.45) is 5.92 Å². The van der Waals surface area contributed by atoms with E-state index in [0.717, 1.165) is 18.9 Å². The first-order chi connectivity index (χ1) is 9.49. The molecule has 112 valence electrons. The number of rotatable bonds is 4. The van der Waals surface area contributed by atoms with Crippen LogP contribution in [0.3, 0.4) is 0 Å². The fourth-order valence-electron chi connectivity index (χ4n) is 1.99. The van der Waals surface area contributed by atoms with Crippen molar-refractivity contribution in [3.63, 3.8) is 0 Å². The standard InChI is InChI=1S/C12H17F3N4O/c1-16-11-18-9(12(13,14)15)6-10(19-11)17-7-8-2-4-20-5-3-8/h6,8H,2-5,7H2,1H3,(H2,16,17,18,19). The average Bonchev–Trinajstić information content (AvgIpc) is 2.45. The van der Waals surface area contributed by atoms with Crippen LogP contribution in [0.2, 0.25) is 0 Å². The number of hydrogen-bond donors (Lipinski definition) is 2. The molecule has 2 rings (SSSR count). The van der Waals surface area contributed by atoms with Crippen molar-refractivity contribution in [1.29, 1.82) is 0 Å². The highest BCUT2D eigenvalue weighted by Crippen LogP contribution is 2.29. The number of hydrogen-bond acceptors (Lipinski definition) is 5. The number of ether oxygens (including phenoxy) is 1. The Labute approximate surface area is 114 Å². The Hall–Kier alpha value is -1.57. The van der Waals surface area contributed by atoms with Gasteiger partial charge in [-0.15, -0.1) is 0 Å². The minimum absolute atomic E-state index is 0.0469. The molecule has 5 nitrogen and oxygen atoms in total. The molecule has 1 fully saturated rings. The predicted molar refractivity (Wildman–Crippen MR) is 68.6 cm³/mol. The Bertz CT molecular complexity index is 447. The fraction of sp³-hybridized carbons (Fsp3) is 0.667. The summed E-state index contributed by atoms with van der Waals surface area (Å²) in [6.07, 6.45) is -2.67. The Morgan fingerprint density at radius 1 is 1.30 bits per heavy atom. The molecule has 0 unspecified atom stereocenters. The molecule has 2 N–H and O–H groups in total. The summed E-state index contributed by atoms with van der Waals surface area (Å²) in [6.45, 7) is 1.98. The lowest BCUT2D eigenvalue weighted by molar-refractivity contribution is -0.141. The molecule has 2 heterocycles. The summed E-state index contributed by atoms with van der Waals surface area (Å²) < 4.78 is 43.4. The molecule has 1 aliphatic heterocycles. The van der Waals surface area contributed by atoms with Gasteiger partial charge in [0.05, 0.1) is 0 Å². The quantitative estimate of drug-likeness (QED) is 0.891. The third-order valence-electron chi connectivity index (χ3n) is 3.15. The molecule has 0 saturated carbocycles. The summed E-state index contributed by atoms with van der Waals surface area (Å²) in [5, 5.41) is 5.49. The van der Waals surface area contributed by atoms with Gasteiger partial charge in [-0.2, -0.15) is 18.2 Å². The fourth-order valence-corrected chi connectivity index (χ4v) is 1.99. The second-order valence-electron chi connectivity index (χ2n) is 4.65. The number of halogens is 3. The lowest BCUT2D eigenvalue weighted by Gasteiger charge is -2.22. The van der Waals surface area contributed by atoms with Gasteiger partial charge in [0.2, 0.25) is 5.95 Å². The minimum Gasteiger partial charge on any atom is -0.381 e. The van der Waals surface area contributed by atoms with Crippen LogP contribution in [0.15, 0.2) is 6.07 Å². The molecule has 0 bridgehead atoms. The first kappa shape index (κ1) is 14.8. The van der Waals surface area contributed by atoms with E-state index in [1.54, 1.807) is 0 Å². The van der Waals surface area contributed by atoms with E-state index in [4.69, 9.17) is 4.74 Å². The van der Waals surface area contributed by atoms with Gasteiger partial charge < -0.3 is 15.4 Å². The summed E-state index contributed by atoms with van der Waals surface area (Å²) in [4.78, 5) is 7.40. The summed E-state index contributed by atoms with van der Waals surface area (Å²) in [7, 11) is 1.48. The van der Waals surface area contributed by atoms with E-state index in [1.165, 1.54) is 7.05 Å². The Kier molecular flexibility index (Phi) is 4.64. The van der Waals surface area contributed by atoms with Gasteiger partial charge in [-0.05, 0) is 18.8 Å². The van der Waals surface area contributed by atoms with Crippen LogP contribution in [-0.4, -0.2) is 36.8 Å². The van der Waals surface area contributed by atoms with Crippen LogP contribution in [-0.2, 0) is 10.9 Å². The van der Waals surface area contributed by atoms with E-state index < -0.39 is 11.9 Å². The van der Waals surface area contributed by atoms with Crippen molar-refractivity contribution in [3.05, 3.63) is 11.8 Å². The molecule has 0 aromatic carbocycles. The Morgan fingerprint density at radius 2 is 2.00 bits per heavy atom. The van der Waals surface area contributed by atoms with Crippen LogP contribution >= 0.6 is 0 Å². The lowest BCUT2D eigenvalue weighted by atomic mass is 10.0. The van der Waals surface area contributed by atoms with Crippen molar-refractivity contribution >= 4 is 11.8 Å². The maximum Gasteiger partial charge on any atom is 0.433 e. The molecule has 8 heteroatoms. The molecule has 0 aliphatic carbocycles. The maximum absolute atomic E-state index is 12.7. The second kappa shape index (κ2) is 6.25. The number of nitrogens with zero attached hydrogens (tertiary/aromatic N) is 2. The van der Waals surface area contributed by atoms with Gasteiger partial charge in [-0.25, -0.2) is 4.98 Å². The van der Waals surface area contributed by atoms with Crippen molar-refractivity contribution < 1.29 is 17.9 Å². The summed E-state index contributed by atoms with van der Waals surface area (Å²) in [5.74, 6) is 0.531. The van der Waals surface area contributed by atoms with Crippen molar-refractivity contribution in [1.82, 2.24) is 9.97 Å². The highest BCUT2D eigenvalue weighted by atomic mass is 19.4. The highest BCUT2D eigenvalue weighted by Gasteiger charge is 2.33. The Morgan fingerprint density at radius 3 is 2.60 bits per heavy atom. The Balaban J connectivity index is 2.06. The molecule has 0 atom stereocenters. The van der Waals surface area contributed by atoms with Crippen LogP contribution in [0.5, 0.6) is 0 Å². The van der Waals surface area contributed by atoms with Crippen LogP contribution in [0.1, 0.15) is 18.5 Å². The lowest BCUT2D eigenvalue weighted by Crippen LogP contribution is -2.23. The zero-order valence-corrected chi connectivity index (χ0v) is 11.1. The third-order valence-corrected chi connectivity index (χ3v) is 3.15. The normalized spacial score (nSPS) is 17.0. The molecule has 1 aromatic rings. The largest absolute Gasteiger partial charge is 0.433 e. The molecular weight excluding hydrogens is 273 g/mol. The van der Waals surface area contributed by atoms with Gasteiger partial charge in [0.1, 0.15) is 5.82 Å². The molecule has 1 aromatic heterocycles. The number of anilines is 2. The highest BCUT2D eigenvalue weighted by molar-refractivity contribution is 5.42. The molecule has 1 aliphatic rings. The van der Waals surface area contributed by atoms with Gasteiger partial charge in [0.25, 0.3) is 0 Å². The van der Waals surface area contributed by atoms with Crippen molar-refractivity contribution in [2.45, 2.75) is 19.0 Å². The van der Waals surface area contributed by atoms with Crippen LogP contribution in [0.25, 0.3) is 0 Å². The number of nitrogens with one attached hydrogen (secondary N) is 2. The topological polar surface area (TPSA) is 59.1 Å². The third kappa shape index (κ3) is 3.96. The van der Waals surface area contributed by atoms with Gasteiger partial charge in [0.15, 0.2) is 5.69 Å². The number of alkyl halides is 3. The smallest absolute Gasteiger partial charge is 0.381 e.